The molecule has 0 fully saturated rings. The zero-order valence-corrected chi connectivity index (χ0v) is 17.5. The van der Waals surface area contributed by atoms with E-state index in [0.717, 1.165) is 12.1 Å². The zero-order valence-electron chi connectivity index (χ0n) is 17.5. The second-order valence-corrected chi connectivity index (χ2v) is 7.68. The number of rotatable bonds is 7. The van der Waals surface area contributed by atoms with E-state index >= 15 is 0 Å². The van der Waals surface area contributed by atoms with Gasteiger partial charge >= 0.3 is 0 Å². The molecule has 3 N–H and O–H groups in total. The SMILES string of the molecule is Cc1c(C(=O)C(C(=O)c2cc(F)cc(F)c2)c2nc3ccccc3[nH]2)cccc1C(O)CO. The van der Waals surface area contributed by atoms with Crippen molar-refractivity contribution < 1.29 is 28.6 Å². The fourth-order valence-electron chi connectivity index (χ4n) is 3.87. The summed E-state index contributed by atoms with van der Waals surface area (Å²) in [6.07, 6.45) is -1.21. The van der Waals surface area contributed by atoms with Crippen LogP contribution in [0.1, 0.15) is 49.7 Å². The Kier molecular flexibility index (Phi) is 6.13. The van der Waals surface area contributed by atoms with Crippen LogP contribution in [0, 0.1) is 18.6 Å². The highest BCUT2D eigenvalue weighted by Gasteiger charge is 2.34. The molecule has 6 nitrogen and oxygen atoms in total. The largest absolute Gasteiger partial charge is 0.393 e. The maximum absolute atomic E-state index is 13.8. The van der Waals surface area contributed by atoms with E-state index in [4.69, 9.17) is 0 Å². The predicted molar refractivity (Wildman–Crippen MR) is 117 cm³/mol. The lowest BCUT2D eigenvalue weighted by Gasteiger charge is -2.18. The zero-order chi connectivity index (χ0) is 23.7. The van der Waals surface area contributed by atoms with Gasteiger partial charge in [0.25, 0.3) is 0 Å². The number of H-pyrrole nitrogens is 1. The topological polar surface area (TPSA) is 103 Å². The molecule has 2 unspecified atom stereocenters. The number of nitrogens with zero attached hydrogens (tertiary/aromatic N) is 1. The van der Waals surface area contributed by atoms with Gasteiger partial charge in [0.1, 0.15) is 29.5 Å². The van der Waals surface area contributed by atoms with Gasteiger partial charge in [0, 0.05) is 17.2 Å². The predicted octanol–water partition coefficient (Wildman–Crippen LogP) is 4.02. The van der Waals surface area contributed by atoms with Crippen LogP contribution in [0.25, 0.3) is 11.0 Å². The van der Waals surface area contributed by atoms with Crippen LogP contribution < -0.4 is 0 Å². The van der Waals surface area contributed by atoms with Gasteiger partial charge in [0.2, 0.25) is 0 Å². The Morgan fingerprint density at radius 3 is 2.36 bits per heavy atom. The van der Waals surface area contributed by atoms with Gasteiger partial charge in [-0.2, -0.15) is 0 Å². The number of hydrogen-bond donors (Lipinski definition) is 3. The van der Waals surface area contributed by atoms with Gasteiger partial charge in [-0.15, -0.1) is 0 Å². The molecular weight excluding hydrogens is 430 g/mol. The second-order valence-electron chi connectivity index (χ2n) is 7.68. The standard InChI is InChI=1S/C25H20F2N2O4/c1-13-17(21(31)12-30)5-4-6-18(13)24(33)22(23(32)14-9-15(26)11-16(27)10-14)25-28-19-7-2-3-8-20(19)29-25/h2-11,21-22,30-31H,12H2,1H3,(H,28,29). The second kappa shape index (κ2) is 9.01. The van der Waals surface area contributed by atoms with Crippen molar-refractivity contribution in [1.29, 1.82) is 0 Å². The molecule has 0 aliphatic heterocycles. The van der Waals surface area contributed by atoms with Crippen molar-refractivity contribution in [2.24, 2.45) is 0 Å². The first-order valence-electron chi connectivity index (χ1n) is 10.2. The maximum Gasteiger partial charge on any atom is 0.181 e. The van der Waals surface area contributed by atoms with Crippen LogP contribution in [-0.4, -0.2) is 38.4 Å². The minimum absolute atomic E-state index is 0.0309. The van der Waals surface area contributed by atoms with Gasteiger partial charge in [-0.1, -0.05) is 30.3 Å². The number of aliphatic hydroxyl groups is 2. The monoisotopic (exact) mass is 450 g/mol. The Morgan fingerprint density at radius 1 is 1.00 bits per heavy atom. The average Bonchev–Trinajstić information content (AvgIpc) is 3.21. The third kappa shape index (κ3) is 4.30. The van der Waals surface area contributed by atoms with Crippen molar-refractivity contribution in [1.82, 2.24) is 9.97 Å². The summed E-state index contributed by atoms with van der Waals surface area (Å²) in [4.78, 5) is 34.4. The minimum Gasteiger partial charge on any atom is -0.393 e. The molecule has 0 saturated carbocycles. The molecule has 0 spiro atoms. The van der Waals surface area contributed by atoms with Gasteiger partial charge in [-0.3, -0.25) is 9.59 Å². The maximum atomic E-state index is 13.8. The summed E-state index contributed by atoms with van der Waals surface area (Å²) in [5, 5.41) is 19.4. The van der Waals surface area contributed by atoms with E-state index in [9.17, 15) is 28.6 Å². The molecule has 0 aliphatic carbocycles. The molecular formula is C25H20F2N2O4. The average molecular weight is 450 g/mol. The number of aromatic amines is 1. The number of para-hydroxylation sites is 2. The summed E-state index contributed by atoms with van der Waals surface area (Å²) < 4.78 is 27.7. The van der Waals surface area contributed by atoms with E-state index in [0.29, 0.717) is 28.2 Å². The van der Waals surface area contributed by atoms with Gasteiger partial charge in [-0.25, -0.2) is 13.8 Å². The molecule has 0 aliphatic rings. The number of imidazole rings is 1. The number of carbonyl (C=O) groups excluding carboxylic acids is 2. The molecule has 8 heteroatoms. The fourth-order valence-corrected chi connectivity index (χ4v) is 3.87. The number of nitrogens with one attached hydrogen (secondary N) is 1. The molecule has 0 radical (unpaired) electrons. The highest BCUT2D eigenvalue weighted by Crippen LogP contribution is 2.29. The van der Waals surface area contributed by atoms with Crippen molar-refractivity contribution in [3.63, 3.8) is 0 Å². The van der Waals surface area contributed by atoms with Gasteiger partial charge < -0.3 is 15.2 Å². The smallest absolute Gasteiger partial charge is 0.181 e. The summed E-state index contributed by atoms with van der Waals surface area (Å²) in [5.74, 6) is -4.86. The molecule has 0 amide bonds. The summed E-state index contributed by atoms with van der Waals surface area (Å²) >= 11 is 0. The minimum atomic E-state index is -1.51. The van der Waals surface area contributed by atoms with E-state index < -0.39 is 41.8 Å². The Balaban J connectivity index is 1.87. The molecule has 1 aromatic heterocycles. The van der Waals surface area contributed by atoms with Gasteiger partial charge in [0.15, 0.2) is 11.6 Å². The summed E-state index contributed by atoms with van der Waals surface area (Å²) in [5.41, 5.74) is 1.62. The molecule has 4 aromatic rings. The molecule has 3 aromatic carbocycles. The summed E-state index contributed by atoms with van der Waals surface area (Å²) in [7, 11) is 0. The molecule has 0 saturated heterocycles. The van der Waals surface area contributed by atoms with Crippen LogP contribution in [0.5, 0.6) is 0 Å². The Hall–Kier alpha value is -3.75. The van der Waals surface area contributed by atoms with Crippen LogP contribution in [0.15, 0.2) is 60.7 Å². The van der Waals surface area contributed by atoms with Crippen molar-refractivity contribution in [3.8, 4) is 0 Å². The quantitative estimate of drug-likeness (QED) is 0.291. The highest BCUT2D eigenvalue weighted by atomic mass is 19.1. The number of aromatic nitrogens is 2. The van der Waals surface area contributed by atoms with Crippen molar-refractivity contribution >= 4 is 22.6 Å². The van der Waals surface area contributed by atoms with Crippen LogP contribution in [0.2, 0.25) is 0 Å². The molecule has 2 atom stereocenters. The number of hydrogen-bond acceptors (Lipinski definition) is 5. The number of fused-ring (bicyclic) bond motifs is 1. The number of aliphatic hydroxyl groups excluding tert-OH is 2. The summed E-state index contributed by atoms with van der Waals surface area (Å²) in [6.45, 7) is 1.04. The Morgan fingerprint density at radius 2 is 1.70 bits per heavy atom. The molecule has 4 rings (SSSR count). The number of halogens is 2. The van der Waals surface area contributed by atoms with Crippen LogP contribution in [0.4, 0.5) is 8.78 Å². The molecule has 168 valence electrons. The number of benzene rings is 3. The normalized spacial score (nSPS) is 13.1. The lowest BCUT2D eigenvalue weighted by Crippen LogP contribution is -2.25. The molecule has 1 heterocycles. The van der Waals surface area contributed by atoms with Gasteiger partial charge in [0.05, 0.1) is 17.6 Å². The first-order valence-corrected chi connectivity index (χ1v) is 10.2. The highest BCUT2D eigenvalue weighted by molar-refractivity contribution is 6.20. The number of Topliss-reactive ketones (excluding diaryl/α,β-unsaturated/α-hetero) is 2. The van der Waals surface area contributed by atoms with Crippen molar-refractivity contribution in [2.45, 2.75) is 18.9 Å². The first-order chi connectivity index (χ1) is 15.8. The third-order valence-electron chi connectivity index (χ3n) is 5.53. The van der Waals surface area contributed by atoms with Gasteiger partial charge in [-0.05, 0) is 42.3 Å². The van der Waals surface area contributed by atoms with Crippen LogP contribution in [0.3, 0.4) is 0 Å². The first kappa shape index (κ1) is 22.4. The van der Waals surface area contributed by atoms with E-state index in [1.807, 2.05) is 0 Å². The van der Waals surface area contributed by atoms with E-state index in [1.54, 1.807) is 37.3 Å². The Bertz CT molecular complexity index is 1310. The van der Waals surface area contributed by atoms with E-state index in [2.05, 4.69) is 9.97 Å². The lowest BCUT2D eigenvalue weighted by atomic mass is 9.86. The number of ketones is 2. The van der Waals surface area contributed by atoms with Crippen LogP contribution >= 0.6 is 0 Å². The van der Waals surface area contributed by atoms with E-state index in [-0.39, 0.29) is 17.0 Å². The summed E-state index contributed by atoms with van der Waals surface area (Å²) in [6, 6.07) is 13.9. The molecule has 33 heavy (non-hydrogen) atoms. The van der Waals surface area contributed by atoms with E-state index in [1.165, 1.54) is 12.1 Å². The number of carbonyl (C=O) groups is 2. The molecule has 0 bridgehead atoms. The Labute approximate surface area is 187 Å². The third-order valence-corrected chi connectivity index (χ3v) is 5.53. The van der Waals surface area contributed by atoms with Crippen molar-refractivity contribution in [2.75, 3.05) is 6.61 Å². The fraction of sp³-hybridized carbons (Fsp3) is 0.160. The van der Waals surface area contributed by atoms with Crippen LogP contribution in [-0.2, 0) is 0 Å². The lowest BCUT2D eigenvalue weighted by molar-refractivity contribution is 0.0853. The van der Waals surface area contributed by atoms with Crippen molar-refractivity contribution in [3.05, 3.63) is 100 Å².